The van der Waals surface area contributed by atoms with E-state index in [-0.39, 0.29) is 23.3 Å². The van der Waals surface area contributed by atoms with E-state index in [2.05, 4.69) is 15.6 Å². The van der Waals surface area contributed by atoms with Crippen LogP contribution >= 0.6 is 11.8 Å². The van der Waals surface area contributed by atoms with E-state index in [1.165, 1.54) is 36.0 Å². The zero-order valence-corrected chi connectivity index (χ0v) is 15.9. The number of pyridine rings is 1. The van der Waals surface area contributed by atoms with Crippen LogP contribution in [0.2, 0.25) is 0 Å². The third-order valence-electron chi connectivity index (χ3n) is 3.75. The molecule has 1 aromatic heterocycles. The van der Waals surface area contributed by atoms with Gasteiger partial charge in [0.1, 0.15) is 5.82 Å². The van der Waals surface area contributed by atoms with Crippen molar-refractivity contribution in [3.63, 3.8) is 0 Å². The lowest BCUT2D eigenvalue weighted by Gasteiger charge is -2.07. The van der Waals surface area contributed by atoms with E-state index in [9.17, 15) is 19.7 Å². The van der Waals surface area contributed by atoms with E-state index >= 15 is 0 Å². The number of nitrogens with one attached hydrogen (secondary N) is 2. The minimum atomic E-state index is -0.519. The van der Waals surface area contributed by atoms with Crippen LogP contribution in [0.15, 0.2) is 77.8 Å². The van der Waals surface area contributed by atoms with Gasteiger partial charge in [0.2, 0.25) is 5.91 Å². The maximum atomic E-state index is 12.2. The van der Waals surface area contributed by atoms with Gasteiger partial charge >= 0.3 is 0 Å². The van der Waals surface area contributed by atoms with Crippen LogP contribution in [0.5, 0.6) is 0 Å². The number of benzene rings is 2. The Balaban J connectivity index is 1.51. The molecule has 0 bridgehead atoms. The van der Waals surface area contributed by atoms with Gasteiger partial charge < -0.3 is 10.6 Å². The van der Waals surface area contributed by atoms with E-state index in [0.717, 1.165) is 4.90 Å². The Bertz CT molecular complexity index is 1010. The molecule has 29 heavy (non-hydrogen) atoms. The minimum absolute atomic E-state index is 0.0741. The van der Waals surface area contributed by atoms with Crippen molar-refractivity contribution in [3.8, 4) is 0 Å². The van der Waals surface area contributed by atoms with Crippen molar-refractivity contribution in [1.29, 1.82) is 0 Å². The van der Waals surface area contributed by atoms with Crippen molar-refractivity contribution in [2.45, 2.75) is 4.90 Å². The van der Waals surface area contributed by atoms with Gasteiger partial charge in [0.15, 0.2) is 0 Å². The first-order valence-electron chi connectivity index (χ1n) is 8.51. The summed E-state index contributed by atoms with van der Waals surface area (Å²) in [6.07, 6.45) is 1.60. The lowest BCUT2D eigenvalue weighted by molar-refractivity contribution is -0.384. The van der Waals surface area contributed by atoms with E-state index in [0.29, 0.717) is 17.1 Å². The highest BCUT2D eigenvalue weighted by Gasteiger charge is 2.10. The molecule has 0 unspecified atom stereocenters. The summed E-state index contributed by atoms with van der Waals surface area (Å²) in [6, 6.07) is 17.7. The number of nitrogens with zero attached hydrogens (tertiary/aromatic N) is 2. The maximum absolute atomic E-state index is 12.2. The second-order valence-electron chi connectivity index (χ2n) is 5.83. The number of thioether (sulfide) groups is 1. The number of amides is 2. The van der Waals surface area contributed by atoms with Crippen molar-refractivity contribution in [3.05, 3.63) is 88.6 Å². The molecule has 0 atom stereocenters. The summed E-state index contributed by atoms with van der Waals surface area (Å²) in [5.41, 5.74) is 0.825. The Morgan fingerprint density at radius 1 is 0.966 bits per heavy atom. The van der Waals surface area contributed by atoms with Crippen molar-refractivity contribution in [1.82, 2.24) is 4.98 Å². The highest BCUT2D eigenvalue weighted by atomic mass is 32.2. The third-order valence-corrected chi connectivity index (χ3v) is 4.77. The van der Waals surface area contributed by atoms with Crippen LogP contribution in [0.1, 0.15) is 10.4 Å². The first-order valence-corrected chi connectivity index (χ1v) is 9.49. The lowest BCUT2D eigenvalue weighted by atomic mass is 10.2. The van der Waals surface area contributed by atoms with Crippen molar-refractivity contribution >= 4 is 40.8 Å². The Labute approximate surface area is 170 Å². The van der Waals surface area contributed by atoms with Crippen LogP contribution in [0.25, 0.3) is 0 Å². The molecule has 0 aliphatic carbocycles. The molecule has 146 valence electrons. The Kier molecular flexibility index (Phi) is 6.54. The van der Waals surface area contributed by atoms with Crippen LogP contribution in [0.3, 0.4) is 0 Å². The zero-order valence-electron chi connectivity index (χ0n) is 15.1. The summed E-state index contributed by atoms with van der Waals surface area (Å²) >= 11 is 1.36. The van der Waals surface area contributed by atoms with Crippen LogP contribution < -0.4 is 10.6 Å². The maximum Gasteiger partial charge on any atom is 0.269 e. The van der Waals surface area contributed by atoms with E-state index < -0.39 is 4.92 Å². The molecular weight excluding hydrogens is 392 g/mol. The fourth-order valence-corrected chi connectivity index (χ4v) is 3.04. The Morgan fingerprint density at radius 3 is 2.31 bits per heavy atom. The van der Waals surface area contributed by atoms with Gasteiger partial charge in [0.05, 0.1) is 10.7 Å². The van der Waals surface area contributed by atoms with Crippen LogP contribution in [-0.4, -0.2) is 27.5 Å². The molecule has 9 heteroatoms. The lowest BCUT2D eigenvalue weighted by Crippen LogP contribution is -2.14. The zero-order chi connectivity index (χ0) is 20.6. The second kappa shape index (κ2) is 9.47. The van der Waals surface area contributed by atoms with Crippen molar-refractivity contribution in [2.75, 3.05) is 16.4 Å². The molecule has 0 aliphatic heterocycles. The van der Waals surface area contributed by atoms with Gasteiger partial charge in [0.25, 0.3) is 11.6 Å². The molecule has 2 amide bonds. The normalized spacial score (nSPS) is 10.2. The Morgan fingerprint density at radius 2 is 1.69 bits per heavy atom. The van der Waals surface area contributed by atoms with Gasteiger partial charge in [-0.05, 0) is 48.5 Å². The number of hydrogen-bond acceptors (Lipinski definition) is 6. The number of carbonyl (C=O) groups excluding carboxylic acids is 2. The second-order valence-corrected chi connectivity index (χ2v) is 6.88. The summed E-state index contributed by atoms with van der Waals surface area (Å²) < 4.78 is 0. The SMILES string of the molecule is O=C(CSc1ccc(NC(=O)c2ccc([N+](=O)[O-])cc2)cc1)Nc1ccccn1. The van der Waals surface area contributed by atoms with Gasteiger partial charge in [-0.1, -0.05) is 6.07 Å². The molecule has 0 saturated carbocycles. The van der Waals surface area contributed by atoms with Crippen molar-refractivity contribution in [2.24, 2.45) is 0 Å². The average molecular weight is 408 g/mol. The third kappa shape index (κ3) is 5.88. The largest absolute Gasteiger partial charge is 0.322 e. The Hall–Kier alpha value is -3.72. The summed E-state index contributed by atoms with van der Waals surface area (Å²) in [5, 5.41) is 16.1. The number of nitro groups is 1. The molecule has 0 saturated heterocycles. The molecule has 0 fully saturated rings. The standard InChI is InChI=1S/C20H16N4O4S/c25-19(23-18-3-1-2-12-21-18)13-29-17-10-6-15(7-11-17)22-20(26)14-4-8-16(9-5-14)24(27)28/h1-12H,13H2,(H,22,26)(H,21,23,25). The highest BCUT2D eigenvalue weighted by molar-refractivity contribution is 8.00. The van der Waals surface area contributed by atoms with Crippen LogP contribution in [-0.2, 0) is 4.79 Å². The number of rotatable bonds is 7. The fourth-order valence-electron chi connectivity index (χ4n) is 2.34. The predicted octanol–water partition coefficient (Wildman–Crippen LogP) is 3.97. The number of carbonyl (C=O) groups is 2. The molecule has 0 aliphatic rings. The predicted molar refractivity (Wildman–Crippen MR) is 111 cm³/mol. The fraction of sp³-hybridized carbons (Fsp3) is 0.0500. The molecule has 2 aromatic carbocycles. The molecular formula is C20H16N4O4S. The summed E-state index contributed by atoms with van der Waals surface area (Å²) in [5.74, 6) is 0.201. The van der Waals surface area contributed by atoms with Crippen LogP contribution in [0.4, 0.5) is 17.2 Å². The number of nitro benzene ring substituents is 1. The summed E-state index contributed by atoms with van der Waals surface area (Å²) in [6.45, 7) is 0. The molecule has 3 rings (SSSR count). The van der Waals surface area contributed by atoms with E-state index in [1.54, 1.807) is 48.7 Å². The van der Waals surface area contributed by atoms with Gasteiger partial charge in [-0.25, -0.2) is 4.98 Å². The average Bonchev–Trinajstić information content (AvgIpc) is 2.74. The van der Waals surface area contributed by atoms with E-state index in [4.69, 9.17) is 0 Å². The summed E-state index contributed by atoms with van der Waals surface area (Å²) in [7, 11) is 0. The highest BCUT2D eigenvalue weighted by Crippen LogP contribution is 2.21. The molecule has 1 heterocycles. The number of hydrogen-bond donors (Lipinski definition) is 2. The minimum Gasteiger partial charge on any atom is -0.322 e. The monoisotopic (exact) mass is 408 g/mol. The quantitative estimate of drug-likeness (QED) is 0.347. The molecule has 0 spiro atoms. The number of anilines is 2. The molecule has 2 N–H and O–H groups in total. The number of non-ortho nitro benzene ring substituents is 1. The van der Waals surface area contributed by atoms with E-state index in [1.807, 2.05) is 0 Å². The molecule has 0 radical (unpaired) electrons. The first-order chi connectivity index (χ1) is 14.0. The van der Waals surface area contributed by atoms with Gasteiger partial charge in [-0.15, -0.1) is 11.8 Å². The van der Waals surface area contributed by atoms with Crippen molar-refractivity contribution < 1.29 is 14.5 Å². The van der Waals surface area contributed by atoms with Gasteiger partial charge in [-0.3, -0.25) is 19.7 Å². The van der Waals surface area contributed by atoms with Gasteiger partial charge in [0, 0.05) is 34.5 Å². The van der Waals surface area contributed by atoms with Crippen LogP contribution in [0, 0.1) is 10.1 Å². The first kappa shape index (κ1) is 20.0. The number of aromatic nitrogens is 1. The molecule has 3 aromatic rings. The van der Waals surface area contributed by atoms with Gasteiger partial charge in [-0.2, -0.15) is 0 Å². The summed E-state index contributed by atoms with van der Waals surface area (Å²) in [4.78, 5) is 39.2. The molecule has 8 nitrogen and oxygen atoms in total. The topological polar surface area (TPSA) is 114 Å². The smallest absolute Gasteiger partial charge is 0.269 e.